The van der Waals surface area contributed by atoms with Crippen LogP contribution in [-0.4, -0.2) is 52.7 Å². The fourth-order valence-corrected chi connectivity index (χ4v) is 4.44. The number of carbonyl (C=O) groups excluding carboxylic acids is 1. The third kappa shape index (κ3) is 4.16. The smallest absolute Gasteiger partial charge is 0.230 e. The second-order valence-corrected chi connectivity index (χ2v) is 8.17. The number of benzene rings is 1. The third-order valence-electron chi connectivity index (χ3n) is 6.11. The van der Waals surface area contributed by atoms with Crippen LogP contribution in [0.2, 0.25) is 0 Å². The minimum atomic E-state index is 0.0748. The number of likely N-dealkylation sites (tertiary alicyclic amines) is 1. The number of furan rings is 1. The van der Waals surface area contributed by atoms with E-state index in [4.69, 9.17) is 24.0 Å². The summed E-state index contributed by atoms with van der Waals surface area (Å²) >= 11 is 0. The van der Waals surface area contributed by atoms with Crippen LogP contribution in [0, 0.1) is 0 Å². The number of methoxy groups -OCH3 is 2. The molecule has 1 aromatic carbocycles. The van der Waals surface area contributed by atoms with Crippen molar-refractivity contribution < 1.29 is 18.7 Å². The van der Waals surface area contributed by atoms with Crippen molar-refractivity contribution in [3.63, 3.8) is 0 Å². The maximum Gasteiger partial charge on any atom is 0.230 e. The van der Waals surface area contributed by atoms with E-state index in [1.165, 1.54) is 0 Å². The second kappa shape index (κ2) is 8.97. The molecule has 4 aromatic rings. The highest BCUT2D eigenvalue weighted by molar-refractivity contribution is 5.78. The molecule has 0 unspecified atom stereocenters. The average molecular weight is 447 g/mol. The first-order valence-corrected chi connectivity index (χ1v) is 11.0. The molecule has 1 fully saturated rings. The Morgan fingerprint density at radius 3 is 2.85 bits per heavy atom. The van der Waals surface area contributed by atoms with Crippen molar-refractivity contribution in [2.75, 3.05) is 27.3 Å². The van der Waals surface area contributed by atoms with Gasteiger partial charge in [0.2, 0.25) is 5.91 Å². The number of rotatable bonds is 6. The van der Waals surface area contributed by atoms with E-state index in [9.17, 15) is 4.79 Å². The lowest BCUT2D eigenvalue weighted by Crippen LogP contribution is -2.40. The molecule has 1 aliphatic heterocycles. The maximum absolute atomic E-state index is 12.7. The summed E-state index contributed by atoms with van der Waals surface area (Å²) in [6.07, 6.45) is 5.71. The van der Waals surface area contributed by atoms with Gasteiger partial charge >= 0.3 is 0 Å². The molecule has 4 heterocycles. The van der Waals surface area contributed by atoms with Crippen molar-refractivity contribution in [2.24, 2.45) is 0 Å². The van der Waals surface area contributed by atoms with Crippen molar-refractivity contribution in [3.05, 3.63) is 66.5 Å². The molecule has 0 spiro atoms. The maximum atomic E-state index is 12.7. The summed E-state index contributed by atoms with van der Waals surface area (Å²) in [7, 11) is 3.26. The minimum Gasteiger partial charge on any atom is -0.493 e. The number of aromatic nitrogens is 3. The van der Waals surface area contributed by atoms with Crippen molar-refractivity contribution in [1.82, 2.24) is 19.5 Å². The van der Waals surface area contributed by atoms with Crippen LogP contribution in [0.1, 0.15) is 30.3 Å². The van der Waals surface area contributed by atoms with Gasteiger partial charge in [0.1, 0.15) is 5.76 Å². The van der Waals surface area contributed by atoms with Crippen LogP contribution in [0.4, 0.5) is 0 Å². The molecule has 0 aliphatic carbocycles. The first kappa shape index (κ1) is 21.1. The summed E-state index contributed by atoms with van der Waals surface area (Å²) in [5, 5.41) is 4.77. The van der Waals surface area contributed by atoms with E-state index >= 15 is 0 Å². The van der Waals surface area contributed by atoms with Crippen LogP contribution >= 0.6 is 0 Å². The minimum absolute atomic E-state index is 0.0748. The van der Waals surface area contributed by atoms with Crippen molar-refractivity contribution in [1.29, 1.82) is 0 Å². The normalized spacial score (nSPS) is 16.2. The quantitative estimate of drug-likeness (QED) is 0.446. The van der Waals surface area contributed by atoms with Gasteiger partial charge in [-0.15, -0.1) is 0 Å². The number of carbonyl (C=O) groups is 1. The van der Waals surface area contributed by atoms with Gasteiger partial charge in [0.25, 0.3) is 0 Å². The Morgan fingerprint density at radius 2 is 2.06 bits per heavy atom. The highest BCUT2D eigenvalue weighted by atomic mass is 16.5. The lowest BCUT2D eigenvalue weighted by Gasteiger charge is -2.31. The monoisotopic (exact) mass is 446 g/mol. The Morgan fingerprint density at radius 1 is 1.15 bits per heavy atom. The zero-order valence-electron chi connectivity index (χ0n) is 18.7. The molecular weight excluding hydrogens is 420 g/mol. The highest BCUT2D eigenvalue weighted by Crippen LogP contribution is 2.37. The predicted octanol–water partition coefficient (Wildman–Crippen LogP) is 3.96. The number of pyridine rings is 1. The van der Waals surface area contributed by atoms with E-state index in [0.717, 1.165) is 42.0 Å². The van der Waals surface area contributed by atoms with Crippen LogP contribution in [0.3, 0.4) is 0 Å². The highest BCUT2D eigenvalue weighted by Gasteiger charge is 2.28. The third-order valence-corrected chi connectivity index (χ3v) is 6.11. The Balaban J connectivity index is 1.38. The number of hydrogen-bond acceptors (Lipinski definition) is 6. The molecule has 0 radical (unpaired) electrons. The fraction of sp³-hybridized carbons (Fsp3) is 0.320. The van der Waals surface area contributed by atoms with Gasteiger partial charge in [-0.1, -0.05) is 12.1 Å². The summed E-state index contributed by atoms with van der Waals surface area (Å²) in [6, 6.07) is 13.4. The molecule has 1 aliphatic rings. The first-order valence-electron chi connectivity index (χ1n) is 11.0. The molecule has 1 amide bonds. The fourth-order valence-electron chi connectivity index (χ4n) is 4.44. The van der Waals surface area contributed by atoms with E-state index < -0.39 is 0 Å². The summed E-state index contributed by atoms with van der Waals surface area (Å²) in [5.74, 6) is 2.99. The van der Waals surface area contributed by atoms with Crippen molar-refractivity contribution in [2.45, 2.75) is 25.2 Å². The summed E-state index contributed by atoms with van der Waals surface area (Å²) in [6.45, 7) is 1.37. The molecule has 5 rings (SSSR count). The van der Waals surface area contributed by atoms with Crippen LogP contribution in [-0.2, 0) is 11.2 Å². The van der Waals surface area contributed by atoms with Crippen LogP contribution in [0.15, 0.2) is 59.3 Å². The van der Waals surface area contributed by atoms with Gasteiger partial charge in [-0.2, -0.15) is 5.10 Å². The summed E-state index contributed by atoms with van der Waals surface area (Å²) < 4.78 is 18.2. The molecule has 3 aromatic heterocycles. The van der Waals surface area contributed by atoms with Gasteiger partial charge in [0.05, 0.1) is 26.9 Å². The number of ether oxygens (including phenoxy) is 2. The Hall–Kier alpha value is -3.81. The molecule has 170 valence electrons. The van der Waals surface area contributed by atoms with E-state index in [1.807, 2.05) is 47.5 Å². The van der Waals surface area contributed by atoms with E-state index in [1.54, 1.807) is 31.1 Å². The average Bonchev–Trinajstić information content (AvgIpc) is 3.52. The lowest BCUT2D eigenvalue weighted by molar-refractivity contribution is -0.132. The molecule has 0 bridgehead atoms. The van der Waals surface area contributed by atoms with Crippen LogP contribution in [0.5, 0.6) is 11.5 Å². The van der Waals surface area contributed by atoms with E-state index in [2.05, 4.69) is 0 Å². The van der Waals surface area contributed by atoms with Gasteiger partial charge in [0.15, 0.2) is 23.0 Å². The van der Waals surface area contributed by atoms with Crippen molar-refractivity contribution >= 4 is 11.6 Å². The Labute approximate surface area is 191 Å². The second-order valence-electron chi connectivity index (χ2n) is 8.17. The number of amides is 1. The van der Waals surface area contributed by atoms with Crippen LogP contribution in [0.25, 0.3) is 16.8 Å². The van der Waals surface area contributed by atoms with Gasteiger partial charge in [0, 0.05) is 36.3 Å². The first-order chi connectivity index (χ1) is 16.2. The number of nitrogens with zero attached hydrogens (tertiary/aromatic N) is 4. The van der Waals surface area contributed by atoms with E-state index in [0.29, 0.717) is 23.8 Å². The van der Waals surface area contributed by atoms with Crippen molar-refractivity contribution in [3.8, 4) is 22.6 Å². The molecule has 33 heavy (non-hydrogen) atoms. The number of hydrogen-bond donors (Lipinski definition) is 0. The lowest BCUT2D eigenvalue weighted by atomic mass is 9.97. The molecule has 0 N–H and O–H groups in total. The Kier molecular flexibility index (Phi) is 5.73. The standard InChI is InChI=1S/C25H26N4O4/c1-31-21-9-3-8-20(24(21)32-2)17-10-11-22-26-25(27-29(22)16-17)18-6-4-12-28(15-18)23(30)14-19-7-5-13-33-19/h3,5,7-11,13,16,18H,4,6,12,14-15H2,1-2H3/t18-/m0/s1. The SMILES string of the molecule is COc1cccc(-c2ccc3nc([C@H]4CCCN(C(=O)Cc5ccco5)C4)nn3c2)c1OC. The molecule has 8 nitrogen and oxygen atoms in total. The van der Waals surface area contributed by atoms with Gasteiger partial charge in [-0.3, -0.25) is 4.79 Å². The molecule has 1 atom stereocenters. The van der Waals surface area contributed by atoms with Gasteiger partial charge < -0.3 is 18.8 Å². The molecule has 8 heteroatoms. The number of fused-ring (bicyclic) bond motifs is 1. The molecular formula is C25H26N4O4. The van der Waals surface area contributed by atoms with Crippen LogP contribution < -0.4 is 9.47 Å². The molecule has 0 saturated carbocycles. The predicted molar refractivity (Wildman–Crippen MR) is 122 cm³/mol. The summed E-state index contributed by atoms with van der Waals surface area (Å²) in [5.41, 5.74) is 2.64. The Bertz CT molecular complexity index is 1260. The largest absolute Gasteiger partial charge is 0.493 e. The summed E-state index contributed by atoms with van der Waals surface area (Å²) in [4.78, 5) is 19.4. The molecule has 1 saturated heterocycles. The number of para-hydroxylation sites is 1. The number of piperidine rings is 1. The van der Waals surface area contributed by atoms with Gasteiger partial charge in [-0.05, 0) is 43.2 Å². The zero-order valence-corrected chi connectivity index (χ0v) is 18.7. The zero-order chi connectivity index (χ0) is 22.8. The van der Waals surface area contributed by atoms with Gasteiger partial charge in [-0.25, -0.2) is 9.50 Å². The van der Waals surface area contributed by atoms with E-state index in [-0.39, 0.29) is 18.2 Å². The topological polar surface area (TPSA) is 82.1 Å².